The first-order valence-electron chi connectivity index (χ1n) is 3.88. The Labute approximate surface area is 107 Å². The van der Waals surface area contributed by atoms with E-state index in [1.54, 1.807) is 6.92 Å². The Kier molecular flexibility index (Phi) is 10.1. The molecule has 0 saturated heterocycles. The minimum absolute atomic E-state index is 0. The number of carbonyl (C=O) groups is 1. The Morgan fingerprint density at radius 1 is 1.42 bits per heavy atom. The molecule has 0 N–H and O–H groups in total. The minimum Gasteiger partial charge on any atom is -1.00 e. The molecule has 0 radical (unpaired) electrons. The van der Waals surface area contributed by atoms with E-state index in [1.165, 1.54) is 7.11 Å². The van der Waals surface area contributed by atoms with E-state index in [2.05, 4.69) is 11.7 Å². The summed E-state index contributed by atoms with van der Waals surface area (Å²) >= 11 is 0. The third-order valence-corrected chi connectivity index (χ3v) is 1.76. The minimum atomic E-state index is -0.212. The molecular formula is C9H18CaO2. The van der Waals surface area contributed by atoms with Crippen LogP contribution in [0.3, 0.4) is 0 Å². The molecule has 0 saturated carbocycles. The zero-order valence-corrected chi connectivity index (χ0v) is 10.6. The molecule has 0 amide bonds. The van der Waals surface area contributed by atoms with Crippen LogP contribution in [0.2, 0.25) is 0 Å². The molecular weight excluding hydrogens is 180 g/mol. The first-order valence-corrected chi connectivity index (χ1v) is 3.88. The summed E-state index contributed by atoms with van der Waals surface area (Å²) in [5, 5.41) is 0. The maximum atomic E-state index is 10.9. The molecule has 68 valence electrons. The Balaban J connectivity index is -0.000000167. The maximum Gasteiger partial charge on any atom is 2.00 e. The second-order valence-electron chi connectivity index (χ2n) is 2.65. The average molecular weight is 198 g/mol. The summed E-state index contributed by atoms with van der Waals surface area (Å²) < 4.78 is 4.58. The predicted octanol–water partition coefficient (Wildman–Crippen LogP) is 2.14. The van der Waals surface area contributed by atoms with E-state index in [0.29, 0.717) is 0 Å². The van der Waals surface area contributed by atoms with Gasteiger partial charge in [-0.1, -0.05) is 18.9 Å². The standard InChI is InChI=1S/C9H16O2.Ca.2H/c1-5-6-7(2)8(3)9(10)11-4;;;/h5-6H2,1-4H3;;;/q;+2;2*-1. The van der Waals surface area contributed by atoms with Gasteiger partial charge in [-0.2, -0.15) is 0 Å². The van der Waals surface area contributed by atoms with Crippen molar-refractivity contribution in [2.24, 2.45) is 0 Å². The van der Waals surface area contributed by atoms with E-state index in [9.17, 15) is 4.79 Å². The van der Waals surface area contributed by atoms with Crippen LogP contribution < -0.4 is 0 Å². The van der Waals surface area contributed by atoms with Crippen molar-refractivity contribution in [2.75, 3.05) is 7.11 Å². The van der Waals surface area contributed by atoms with E-state index in [-0.39, 0.29) is 46.6 Å². The Hall–Kier alpha value is 0.470. The van der Waals surface area contributed by atoms with Crippen molar-refractivity contribution in [1.82, 2.24) is 0 Å². The summed E-state index contributed by atoms with van der Waals surface area (Å²) in [6, 6.07) is 0. The van der Waals surface area contributed by atoms with Crippen molar-refractivity contribution >= 4 is 43.7 Å². The van der Waals surface area contributed by atoms with Gasteiger partial charge in [0.05, 0.1) is 7.11 Å². The molecule has 0 spiro atoms. The summed E-state index contributed by atoms with van der Waals surface area (Å²) in [6.45, 7) is 5.86. The molecule has 0 aliphatic rings. The van der Waals surface area contributed by atoms with Gasteiger partial charge in [0.25, 0.3) is 0 Å². The third kappa shape index (κ3) is 5.17. The fourth-order valence-electron chi connectivity index (χ4n) is 0.890. The van der Waals surface area contributed by atoms with Crippen LogP contribution in [0.15, 0.2) is 11.1 Å². The quantitative estimate of drug-likeness (QED) is 0.394. The van der Waals surface area contributed by atoms with E-state index >= 15 is 0 Å². The van der Waals surface area contributed by atoms with Crippen LogP contribution >= 0.6 is 0 Å². The largest absolute Gasteiger partial charge is 2.00 e. The summed E-state index contributed by atoms with van der Waals surface area (Å²) in [5.41, 5.74) is 1.87. The molecule has 0 aliphatic heterocycles. The number of hydrogen-bond donors (Lipinski definition) is 0. The van der Waals surface area contributed by atoms with Crippen LogP contribution in [0, 0.1) is 0 Å². The van der Waals surface area contributed by atoms with Gasteiger partial charge in [0.1, 0.15) is 0 Å². The van der Waals surface area contributed by atoms with Gasteiger partial charge in [0, 0.05) is 5.57 Å². The van der Waals surface area contributed by atoms with Crippen molar-refractivity contribution in [2.45, 2.75) is 33.6 Å². The fourth-order valence-corrected chi connectivity index (χ4v) is 0.890. The van der Waals surface area contributed by atoms with Crippen molar-refractivity contribution in [3.8, 4) is 0 Å². The van der Waals surface area contributed by atoms with Crippen LogP contribution in [-0.4, -0.2) is 50.8 Å². The molecule has 0 aromatic carbocycles. The normalized spacial score (nSPS) is 11.3. The molecule has 0 unspecified atom stereocenters. The predicted molar refractivity (Wildman–Crippen MR) is 53.3 cm³/mol. The molecule has 0 heterocycles. The zero-order chi connectivity index (χ0) is 8.85. The van der Waals surface area contributed by atoms with E-state index in [0.717, 1.165) is 24.0 Å². The Bertz CT molecular complexity index is 182. The smallest absolute Gasteiger partial charge is 1.00 e. The number of ether oxygens (including phenoxy) is 1. The van der Waals surface area contributed by atoms with Gasteiger partial charge in [0.15, 0.2) is 0 Å². The summed E-state index contributed by atoms with van der Waals surface area (Å²) in [5.74, 6) is -0.212. The number of esters is 1. The zero-order valence-electron chi connectivity index (χ0n) is 10.4. The Morgan fingerprint density at radius 3 is 2.25 bits per heavy atom. The van der Waals surface area contributed by atoms with Crippen LogP contribution in [0.4, 0.5) is 0 Å². The summed E-state index contributed by atoms with van der Waals surface area (Å²) in [4.78, 5) is 10.9. The molecule has 0 rings (SSSR count). The van der Waals surface area contributed by atoms with E-state index in [1.807, 2.05) is 6.92 Å². The van der Waals surface area contributed by atoms with Gasteiger partial charge in [0.2, 0.25) is 0 Å². The first-order chi connectivity index (χ1) is 5.13. The van der Waals surface area contributed by atoms with Crippen LogP contribution in [0.1, 0.15) is 36.5 Å². The molecule has 0 aliphatic carbocycles. The maximum absolute atomic E-state index is 10.9. The van der Waals surface area contributed by atoms with Crippen LogP contribution in [0.25, 0.3) is 0 Å². The molecule has 2 nitrogen and oxygen atoms in total. The van der Waals surface area contributed by atoms with E-state index < -0.39 is 0 Å². The molecule has 0 aromatic heterocycles. The first kappa shape index (κ1) is 15.0. The SMILES string of the molecule is CCCC(C)=C(C)C(=O)OC.[Ca+2].[H-].[H-]. The third-order valence-electron chi connectivity index (χ3n) is 1.76. The number of methoxy groups -OCH3 is 1. The number of carbonyl (C=O) groups excluding carboxylic acids is 1. The van der Waals surface area contributed by atoms with Crippen LogP contribution in [-0.2, 0) is 9.53 Å². The van der Waals surface area contributed by atoms with Crippen molar-refractivity contribution in [1.29, 1.82) is 0 Å². The van der Waals surface area contributed by atoms with Gasteiger partial charge in [-0.05, 0) is 20.3 Å². The topological polar surface area (TPSA) is 26.3 Å². The molecule has 0 atom stereocenters. The van der Waals surface area contributed by atoms with Gasteiger partial charge in [-0.25, -0.2) is 4.79 Å². The second kappa shape index (κ2) is 8.09. The van der Waals surface area contributed by atoms with Crippen molar-refractivity contribution in [3.63, 3.8) is 0 Å². The van der Waals surface area contributed by atoms with Gasteiger partial charge < -0.3 is 7.59 Å². The van der Waals surface area contributed by atoms with Crippen molar-refractivity contribution in [3.05, 3.63) is 11.1 Å². The molecule has 0 aromatic rings. The van der Waals surface area contributed by atoms with E-state index in [4.69, 9.17) is 0 Å². The molecule has 0 fully saturated rings. The molecule has 12 heavy (non-hydrogen) atoms. The fraction of sp³-hybridized carbons (Fsp3) is 0.667. The molecule has 0 bridgehead atoms. The Morgan fingerprint density at radius 2 is 1.92 bits per heavy atom. The summed E-state index contributed by atoms with van der Waals surface area (Å²) in [7, 11) is 1.41. The monoisotopic (exact) mass is 198 g/mol. The van der Waals surface area contributed by atoms with Gasteiger partial charge >= 0.3 is 43.7 Å². The van der Waals surface area contributed by atoms with Crippen LogP contribution in [0.5, 0.6) is 0 Å². The van der Waals surface area contributed by atoms with Crippen molar-refractivity contribution < 1.29 is 12.4 Å². The van der Waals surface area contributed by atoms with Gasteiger partial charge in [-0.15, -0.1) is 0 Å². The number of rotatable bonds is 3. The average Bonchev–Trinajstić information content (AvgIpc) is 2.02. The number of allylic oxidation sites excluding steroid dienone is 1. The molecule has 3 heteroatoms. The number of hydrogen-bond acceptors (Lipinski definition) is 2. The second-order valence-corrected chi connectivity index (χ2v) is 2.65. The van der Waals surface area contributed by atoms with Gasteiger partial charge in [-0.3, -0.25) is 0 Å². The summed E-state index contributed by atoms with van der Waals surface area (Å²) in [6.07, 6.45) is 2.04.